The number of benzene rings is 2. The van der Waals surface area contributed by atoms with Crippen LogP contribution in [0.5, 0.6) is 5.75 Å². The number of halogens is 2. The summed E-state index contributed by atoms with van der Waals surface area (Å²) >= 11 is 7.75. The molecular weight excluding hydrogens is 761 g/mol. The number of thiophene rings is 1. The SMILES string of the molecule is CCc1c(N2CCN(C(=O)c3ncnc(C)c3OCc3ccccc3)CC2)c(=O)n2nc(-c3cc4c(s3)COCC4)nc2n1CC(=O)Nc1ccc(F)cc1Cl. The molecule has 0 spiro atoms. The number of anilines is 2. The maximum absolute atomic E-state index is 14.5. The minimum Gasteiger partial charge on any atom is -0.485 e. The predicted molar refractivity (Wildman–Crippen MR) is 209 cm³/mol. The zero-order valence-electron chi connectivity index (χ0n) is 30.6. The Bertz CT molecular complexity index is 2490. The number of nitrogens with zero attached hydrogens (tertiary/aromatic N) is 8. The van der Waals surface area contributed by atoms with Gasteiger partial charge in [0.05, 0.1) is 40.2 Å². The van der Waals surface area contributed by atoms with Gasteiger partial charge in [-0.25, -0.2) is 14.4 Å². The summed E-state index contributed by atoms with van der Waals surface area (Å²) in [5.74, 6) is -0.410. The van der Waals surface area contributed by atoms with E-state index in [2.05, 4.69) is 15.3 Å². The van der Waals surface area contributed by atoms with Gasteiger partial charge in [0.1, 0.15) is 31.0 Å². The molecule has 0 aliphatic carbocycles. The van der Waals surface area contributed by atoms with Crippen molar-refractivity contribution in [2.45, 2.75) is 46.4 Å². The quantitative estimate of drug-likeness (QED) is 0.193. The van der Waals surface area contributed by atoms with E-state index in [9.17, 15) is 18.8 Å². The van der Waals surface area contributed by atoms with Crippen LogP contribution in [0.3, 0.4) is 0 Å². The van der Waals surface area contributed by atoms with E-state index in [1.807, 2.05) is 48.2 Å². The molecule has 1 saturated heterocycles. The van der Waals surface area contributed by atoms with Crippen molar-refractivity contribution in [1.82, 2.24) is 34.0 Å². The maximum Gasteiger partial charge on any atom is 0.299 e. The molecule has 0 unspecified atom stereocenters. The van der Waals surface area contributed by atoms with Gasteiger partial charge in [-0.3, -0.25) is 14.4 Å². The molecule has 4 aromatic heterocycles. The molecule has 0 saturated carbocycles. The number of ether oxygens (including phenoxy) is 2. The third-order valence-electron chi connectivity index (χ3n) is 9.83. The van der Waals surface area contributed by atoms with Crippen LogP contribution in [0.4, 0.5) is 15.8 Å². The minimum atomic E-state index is -0.531. The molecule has 0 bridgehead atoms. The first-order valence-electron chi connectivity index (χ1n) is 18.2. The summed E-state index contributed by atoms with van der Waals surface area (Å²) in [4.78, 5) is 61.0. The Hall–Kier alpha value is -5.71. The van der Waals surface area contributed by atoms with Crippen LogP contribution in [0.1, 0.15) is 44.8 Å². The van der Waals surface area contributed by atoms with E-state index in [0.717, 1.165) is 33.4 Å². The number of hydrogen-bond donors (Lipinski definition) is 1. The number of aromatic nitrogens is 6. The van der Waals surface area contributed by atoms with E-state index in [0.29, 0.717) is 61.4 Å². The van der Waals surface area contributed by atoms with Crippen LogP contribution in [0.15, 0.2) is 65.7 Å². The Balaban J connectivity index is 1.10. The topological polar surface area (TPSA) is 149 Å². The summed E-state index contributed by atoms with van der Waals surface area (Å²) in [6.07, 6.45) is 2.50. The second-order valence-corrected chi connectivity index (χ2v) is 15.0. The van der Waals surface area contributed by atoms with Gasteiger partial charge in [0.15, 0.2) is 17.3 Å². The normalized spacial score (nSPS) is 14.2. The molecule has 2 amide bonds. The number of hydrogen-bond acceptors (Lipinski definition) is 11. The third kappa shape index (κ3) is 7.34. The van der Waals surface area contributed by atoms with Crippen LogP contribution < -0.4 is 20.5 Å². The summed E-state index contributed by atoms with van der Waals surface area (Å²) in [7, 11) is 0. The first kappa shape index (κ1) is 37.2. The first-order valence-corrected chi connectivity index (χ1v) is 19.4. The lowest BCUT2D eigenvalue weighted by atomic mass is 10.1. The van der Waals surface area contributed by atoms with Crippen molar-refractivity contribution in [3.63, 3.8) is 0 Å². The van der Waals surface area contributed by atoms with Gasteiger partial charge in [-0.2, -0.15) is 9.50 Å². The van der Waals surface area contributed by atoms with Crippen molar-refractivity contribution >= 4 is 51.9 Å². The number of aryl methyl sites for hydroxylation is 1. The Labute approximate surface area is 329 Å². The molecule has 6 heterocycles. The molecule has 8 rings (SSSR count). The number of carbonyl (C=O) groups is 2. The van der Waals surface area contributed by atoms with Crippen LogP contribution >= 0.6 is 22.9 Å². The van der Waals surface area contributed by atoms with E-state index in [1.54, 1.807) is 16.4 Å². The average molecular weight is 798 g/mol. The largest absolute Gasteiger partial charge is 0.485 e. The zero-order valence-corrected chi connectivity index (χ0v) is 32.2. The van der Waals surface area contributed by atoms with Crippen molar-refractivity contribution < 1.29 is 23.5 Å². The molecule has 17 heteroatoms. The second kappa shape index (κ2) is 15.8. The summed E-state index contributed by atoms with van der Waals surface area (Å²) in [5, 5.41) is 7.51. The summed E-state index contributed by atoms with van der Waals surface area (Å²) in [5.41, 5.74) is 3.62. The Morgan fingerprint density at radius 1 is 1.07 bits per heavy atom. The number of nitrogens with one attached hydrogen (secondary N) is 1. The van der Waals surface area contributed by atoms with Crippen molar-refractivity contribution in [3.8, 4) is 16.5 Å². The molecule has 1 N–H and O–H groups in total. The third-order valence-corrected chi connectivity index (χ3v) is 11.3. The molecule has 14 nitrogen and oxygen atoms in total. The van der Waals surface area contributed by atoms with Gasteiger partial charge < -0.3 is 29.2 Å². The molecular formula is C39H37ClFN9O5S. The fraction of sp³-hybridized carbons (Fsp3) is 0.308. The van der Waals surface area contributed by atoms with E-state index in [4.69, 9.17) is 31.2 Å². The fourth-order valence-corrected chi connectivity index (χ4v) is 8.31. The van der Waals surface area contributed by atoms with E-state index < -0.39 is 11.7 Å². The Kier molecular flexibility index (Phi) is 10.5. The number of fused-ring (bicyclic) bond motifs is 2. The van der Waals surface area contributed by atoms with Crippen molar-refractivity contribution in [1.29, 1.82) is 0 Å². The standard InChI is InChI=1S/C39H37ClFN9O5S/c1-3-29-34(47-12-14-48(15-13-47)37(52)33-35(23(2)42-22-43-33)55-20-24-7-5-4-6-8-24)38(53)50-39(45-36(46-50)30-17-25-11-16-54-21-31(25)56-30)49(29)19-32(51)44-28-10-9-26(41)18-27(28)40/h4-10,17-18,22H,3,11-16,19-21H2,1-2H3,(H,44,51). The first-order chi connectivity index (χ1) is 27.2. The van der Waals surface area contributed by atoms with E-state index in [1.165, 1.54) is 34.3 Å². The van der Waals surface area contributed by atoms with E-state index in [-0.39, 0.29) is 59.9 Å². The molecule has 2 aliphatic rings. The Morgan fingerprint density at radius 2 is 1.88 bits per heavy atom. The van der Waals surface area contributed by atoms with Gasteiger partial charge in [-0.1, -0.05) is 48.9 Å². The highest BCUT2D eigenvalue weighted by atomic mass is 35.5. The highest BCUT2D eigenvalue weighted by Gasteiger charge is 2.31. The van der Waals surface area contributed by atoms with Crippen LogP contribution in [-0.2, 0) is 42.1 Å². The Morgan fingerprint density at radius 3 is 2.62 bits per heavy atom. The van der Waals surface area contributed by atoms with Gasteiger partial charge in [0.25, 0.3) is 11.5 Å². The molecule has 56 heavy (non-hydrogen) atoms. The molecule has 1 fully saturated rings. The maximum atomic E-state index is 14.5. The van der Waals surface area contributed by atoms with Crippen LogP contribution in [-0.4, -0.2) is 78.6 Å². The molecule has 2 aliphatic heterocycles. The van der Waals surface area contributed by atoms with Crippen LogP contribution in [0.25, 0.3) is 16.5 Å². The summed E-state index contributed by atoms with van der Waals surface area (Å²) in [6.45, 7) is 6.03. The number of carbonyl (C=O) groups excluding carboxylic acids is 2. The van der Waals surface area contributed by atoms with Crippen LogP contribution in [0.2, 0.25) is 5.02 Å². The molecule has 2 aromatic carbocycles. The van der Waals surface area contributed by atoms with Gasteiger partial charge in [0, 0.05) is 31.1 Å². The predicted octanol–water partition coefficient (Wildman–Crippen LogP) is 5.33. The highest BCUT2D eigenvalue weighted by Crippen LogP contribution is 2.33. The molecule has 6 aromatic rings. The summed E-state index contributed by atoms with van der Waals surface area (Å²) in [6, 6.07) is 15.4. The number of rotatable bonds is 10. The average Bonchev–Trinajstić information content (AvgIpc) is 3.85. The number of amides is 2. The lowest BCUT2D eigenvalue weighted by Gasteiger charge is -2.36. The van der Waals surface area contributed by atoms with Crippen LogP contribution in [0, 0.1) is 12.7 Å². The van der Waals surface area contributed by atoms with Gasteiger partial charge in [0.2, 0.25) is 11.7 Å². The second-order valence-electron chi connectivity index (χ2n) is 13.4. The van der Waals surface area contributed by atoms with Gasteiger partial charge in [-0.15, -0.1) is 16.4 Å². The van der Waals surface area contributed by atoms with Crippen molar-refractivity contribution in [3.05, 3.63) is 115 Å². The van der Waals surface area contributed by atoms with Crippen molar-refractivity contribution in [2.75, 3.05) is 43.0 Å². The molecule has 0 atom stereocenters. The highest BCUT2D eigenvalue weighted by molar-refractivity contribution is 7.15. The summed E-state index contributed by atoms with van der Waals surface area (Å²) < 4.78 is 28.4. The zero-order chi connectivity index (χ0) is 38.9. The lowest BCUT2D eigenvalue weighted by molar-refractivity contribution is -0.116. The minimum absolute atomic E-state index is 0.0506. The van der Waals surface area contributed by atoms with Gasteiger partial charge in [-0.05, 0) is 55.2 Å². The molecule has 288 valence electrons. The molecule has 0 radical (unpaired) electrons. The monoisotopic (exact) mass is 797 g/mol. The smallest absolute Gasteiger partial charge is 0.299 e. The number of piperazine rings is 1. The lowest BCUT2D eigenvalue weighted by Crippen LogP contribution is -2.51. The van der Waals surface area contributed by atoms with E-state index >= 15 is 0 Å². The van der Waals surface area contributed by atoms with Crippen molar-refractivity contribution in [2.24, 2.45) is 0 Å². The fourth-order valence-electron chi connectivity index (χ4n) is 7.01. The van der Waals surface area contributed by atoms with Gasteiger partial charge >= 0.3 is 0 Å².